The maximum atomic E-state index is 12.5. The number of nitrogens with zero attached hydrogens (tertiary/aromatic N) is 4. The minimum absolute atomic E-state index is 0.0134. The average molecular weight is 402 g/mol. The Morgan fingerprint density at radius 1 is 1.25 bits per heavy atom. The standard InChI is InChI=1S/C18H18N4O5S/c1-11-3-4-12(26-2)15-16(11)28-18(19-15)21-9-7-20(8-10-21)17(23)13-5-6-14(27-13)22(24)25/h3-6H,7-10H2,1-2H3. The van der Waals surface area contributed by atoms with E-state index in [4.69, 9.17) is 14.1 Å². The second kappa shape index (κ2) is 7.12. The number of carbonyl (C=O) groups is 1. The normalized spacial score (nSPS) is 14.5. The summed E-state index contributed by atoms with van der Waals surface area (Å²) in [7, 11) is 1.63. The van der Waals surface area contributed by atoms with Crippen molar-refractivity contribution < 1.29 is 18.9 Å². The highest BCUT2D eigenvalue weighted by molar-refractivity contribution is 7.22. The zero-order chi connectivity index (χ0) is 19.8. The van der Waals surface area contributed by atoms with Crippen LogP contribution in [0.5, 0.6) is 5.75 Å². The van der Waals surface area contributed by atoms with Crippen LogP contribution in [0.1, 0.15) is 16.1 Å². The van der Waals surface area contributed by atoms with Crippen LogP contribution in [-0.2, 0) is 0 Å². The van der Waals surface area contributed by atoms with E-state index in [1.807, 2.05) is 19.1 Å². The Labute approximate surface area is 164 Å². The first-order chi connectivity index (χ1) is 13.5. The van der Waals surface area contributed by atoms with Crippen molar-refractivity contribution in [3.05, 3.63) is 45.7 Å². The van der Waals surface area contributed by atoms with Crippen molar-refractivity contribution in [1.82, 2.24) is 9.88 Å². The van der Waals surface area contributed by atoms with E-state index in [1.54, 1.807) is 23.3 Å². The molecule has 1 saturated heterocycles. The molecule has 1 aromatic carbocycles. The van der Waals surface area contributed by atoms with Crippen molar-refractivity contribution in [2.45, 2.75) is 6.92 Å². The molecule has 0 spiro atoms. The number of rotatable bonds is 4. The number of ether oxygens (including phenoxy) is 1. The van der Waals surface area contributed by atoms with E-state index in [0.29, 0.717) is 26.2 Å². The van der Waals surface area contributed by atoms with Crippen LogP contribution >= 0.6 is 11.3 Å². The number of nitro groups is 1. The molecule has 3 heterocycles. The van der Waals surface area contributed by atoms with Crippen LogP contribution in [0, 0.1) is 17.0 Å². The van der Waals surface area contributed by atoms with Crippen molar-refractivity contribution in [3.63, 3.8) is 0 Å². The lowest BCUT2D eigenvalue weighted by atomic mass is 10.2. The van der Waals surface area contributed by atoms with Gasteiger partial charge in [-0.1, -0.05) is 17.4 Å². The van der Waals surface area contributed by atoms with E-state index in [9.17, 15) is 14.9 Å². The molecule has 1 fully saturated rings. The van der Waals surface area contributed by atoms with Crippen LogP contribution < -0.4 is 9.64 Å². The number of amides is 1. The Morgan fingerprint density at radius 2 is 2.00 bits per heavy atom. The number of carbonyl (C=O) groups excluding carboxylic acids is 1. The molecule has 0 bridgehead atoms. The van der Waals surface area contributed by atoms with Gasteiger partial charge in [-0.2, -0.15) is 0 Å². The molecule has 10 heteroatoms. The topological polar surface area (TPSA) is 102 Å². The van der Waals surface area contributed by atoms with Gasteiger partial charge in [0.05, 0.1) is 17.9 Å². The Kier molecular flexibility index (Phi) is 4.63. The van der Waals surface area contributed by atoms with E-state index in [-0.39, 0.29) is 11.7 Å². The molecule has 4 rings (SSSR count). The quantitative estimate of drug-likeness (QED) is 0.488. The number of furan rings is 1. The van der Waals surface area contributed by atoms with Gasteiger partial charge in [-0.15, -0.1) is 0 Å². The van der Waals surface area contributed by atoms with Crippen LogP contribution in [0.4, 0.5) is 11.0 Å². The molecule has 0 radical (unpaired) electrons. The molecular formula is C18H18N4O5S. The molecule has 0 aliphatic carbocycles. The van der Waals surface area contributed by atoms with Gasteiger partial charge < -0.3 is 19.0 Å². The Hall–Kier alpha value is -3.14. The van der Waals surface area contributed by atoms with E-state index < -0.39 is 10.8 Å². The Bertz CT molecular complexity index is 1050. The summed E-state index contributed by atoms with van der Waals surface area (Å²) >= 11 is 1.61. The van der Waals surface area contributed by atoms with Gasteiger partial charge in [0.1, 0.15) is 16.2 Å². The van der Waals surface area contributed by atoms with E-state index in [1.165, 1.54) is 12.1 Å². The number of benzene rings is 1. The summed E-state index contributed by atoms with van der Waals surface area (Å²) in [6, 6.07) is 6.47. The highest BCUT2D eigenvalue weighted by atomic mass is 32.1. The molecule has 2 aromatic heterocycles. The molecule has 1 aliphatic heterocycles. The Morgan fingerprint density at radius 3 is 2.64 bits per heavy atom. The second-order valence-electron chi connectivity index (χ2n) is 6.43. The number of anilines is 1. The predicted octanol–water partition coefficient (Wildman–Crippen LogP) is 3.08. The predicted molar refractivity (Wildman–Crippen MR) is 104 cm³/mol. The molecular weight excluding hydrogens is 384 g/mol. The molecule has 9 nitrogen and oxygen atoms in total. The maximum Gasteiger partial charge on any atom is 0.433 e. The maximum absolute atomic E-state index is 12.5. The molecule has 28 heavy (non-hydrogen) atoms. The Balaban J connectivity index is 1.48. The van der Waals surface area contributed by atoms with Crippen LogP contribution in [0.2, 0.25) is 0 Å². The van der Waals surface area contributed by atoms with Crippen LogP contribution in [0.3, 0.4) is 0 Å². The number of aryl methyl sites for hydroxylation is 1. The van der Waals surface area contributed by atoms with Gasteiger partial charge >= 0.3 is 5.88 Å². The monoisotopic (exact) mass is 402 g/mol. The van der Waals surface area contributed by atoms with Gasteiger partial charge in [0.25, 0.3) is 5.91 Å². The molecule has 0 unspecified atom stereocenters. The van der Waals surface area contributed by atoms with Gasteiger partial charge in [0, 0.05) is 26.2 Å². The first-order valence-electron chi connectivity index (χ1n) is 8.70. The van der Waals surface area contributed by atoms with Crippen molar-refractivity contribution in [2.24, 2.45) is 0 Å². The number of hydrogen-bond acceptors (Lipinski definition) is 8. The zero-order valence-corrected chi connectivity index (χ0v) is 16.2. The third-order valence-corrected chi connectivity index (χ3v) is 5.98. The van der Waals surface area contributed by atoms with Crippen LogP contribution in [-0.4, -0.2) is 54.0 Å². The highest BCUT2D eigenvalue weighted by Gasteiger charge is 2.27. The van der Waals surface area contributed by atoms with Crippen molar-refractivity contribution in [3.8, 4) is 5.75 Å². The number of methoxy groups -OCH3 is 1. The molecule has 3 aromatic rings. The van der Waals surface area contributed by atoms with Crippen LogP contribution in [0.15, 0.2) is 28.7 Å². The fraction of sp³-hybridized carbons (Fsp3) is 0.333. The van der Waals surface area contributed by atoms with Crippen molar-refractivity contribution >= 4 is 38.5 Å². The lowest BCUT2D eigenvalue weighted by Gasteiger charge is -2.34. The highest BCUT2D eigenvalue weighted by Crippen LogP contribution is 2.36. The first-order valence-corrected chi connectivity index (χ1v) is 9.52. The van der Waals surface area contributed by atoms with Gasteiger partial charge in [0.2, 0.25) is 0 Å². The van der Waals surface area contributed by atoms with Gasteiger partial charge in [-0.3, -0.25) is 14.9 Å². The smallest absolute Gasteiger partial charge is 0.433 e. The summed E-state index contributed by atoms with van der Waals surface area (Å²) in [5.41, 5.74) is 2.00. The van der Waals surface area contributed by atoms with E-state index in [0.717, 1.165) is 26.7 Å². The lowest BCUT2D eigenvalue weighted by Crippen LogP contribution is -2.48. The zero-order valence-electron chi connectivity index (χ0n) is 15.4. The molecule has 146 valence electrons. The second-order valence-corrected chi connectivity index (χ2v) is 7.41. The van der Waals surface area contributed by atoms with E-state index >= 15 is 0 Å². The number of piperazine rings is 1. The third-order valence-electron chi connectivity index (χ3n) is 4.73. The summed E-state index contributed by atoms with van der Waals surface area (Å²) in [6.45, 7) is 4.26. The minimum atomic E-state index is -0.655. The van der Waals surface area contributed by atoms with Gasteiger partial charge in [0.15, 0.2) is 10.9 Å². The molecule has 1 aliphatic rings. The summed E-state index contributed by atoms with van der Waals surface area (Å²) in [4.78, 5) is 31.1. The van der Waals surface area contributed by atoms with Crippen molar-refractivity contribution in [2.75, 3.05) is 38.2 Å². The third kappa shape index (κ3) is 3.15. The van der Waals surface area contributed by atoms with Crippen molar-refractivity contribution in [1.29, 1.82) is 0 Å². The van der Waals surface area contributed by atoms with E-state index in [2.05, 4.69) is 4.90 Å². The number of thiazole rings is 1. The summed E-state index contributed by atoms with van der Waals surface area (Å²) in [5, 5.41) is 11.6. The number of fused-ring (bicyclic) bond motifs is 1. The van der Waals surface area contributed by atoms with Gasteiger partial charge in [-0.05, 0) is 24.6 Å². The first kappa shape index (κ1) is 18.2. The molecule has 0 atom stereocenters. The fourth-order valence-electron chi connectivity index (χ4n) is 3.20. The summed E-state index contributed by atoms with van der Waals surface area (Å²) in [5.74, 6) is -0.0350. The minimum Gasteiger partial charge on any atom is -0.494 e. The SMILES string of the molecule is COc1ccc(C)c2sc(N3CCN(C(=O)c4ccc([N+](=O)[O-])o4)CC3)nc12. The van der Waals surface area contributed by atoms with Crippen LogP contribution in [0.25, 0.3) is 10.2 Å². The molecule has 0 N–H and O–H groups in total. The van der Waals surface area contributed by atoms with Gasteiger partial charge in [-0.25, -0.2) is 4.98 Å². The summed E-state index contributed by atoms with van der Waals surface area (Å²) < 4.78 is 11.5. The fourth-order valence-corrected chi connectivity index (χ4v) is 4.30. The number of hydrogen-bond donors (Lipinski definition) is 0. The molecule has 1 amide bonds. The summed E-state index contributed by atoms with van der Waals surface area (Å²) in [6.07, 6.45) is 0. The largest absolute Gasteiger partial charge is 0.494 e. The number of aromatic nitrogens is 1. The average Bonchev–Trinajstić information content (AvgIpc) is 3.36. The molecule has 0 saturated carbocycles. The lowest BCUT2D eigenvalue weighted by molar-refractivity contribution is -0.402.